The van der Waals surface area contributed by atoms with Crippen LogP contribution in [0.2, 0.25) is 0 Å². The quantitative estimate of drug-likeness (QED) is 0.805. The van der Waals surface area contributed by atoms with Gasteiger partial charge in [0.15, 0.2) is 0 Å². The minimum atomic E-state index is -0.316. The van der Waals surface area contributed by atoms with Crippen molar-refractivity contribution < 1.29 is 9.18 Å². The zero-order valence-electron chi connectivity index (χ0n) is 9.46. The molecule has 0 aliphatic heterocycles. The number of carbonyl (C=O) groups excluding carboxylic acids is 1. The van der Waals surface area contributed by atoms with Crippen LogP contribution in [0.5, 0.6) is 0 Å². The maximum absolute atomic E-state index is 12.9. The van der Waals surface area contributed by atoms with E-state index in [-0.39, 0.29) is 23.5 Å². The van der Waals surface area contributed by atoms with Gasteiger partial charge in [0.2, 0.25) is 5.91 Å². The molecule has 2 nitrogen and oxygen atoms in total. The number of hydrogen-bond acceptors (Lipinski definition) is 1. The second kappa shape index (κ2) is 5.50. The highest BCUT2D eigenvalue weighted by molar-refractivity contribution is 6.21. The fraction of sp³-hybridized carbons (Fsp3) is 0.462. The maximum Gasteiger partial charge on any atom is 0.224 e. The molecular formula is C13H15ClFNO. The molecule has 1 amide bonds. The molecule has 1 aromatic rings. The van der Waals surface area contributed by atoms with Crippen molar-refractivity contribution in [3.63, 3.8) is 0 Å². The number of halogens is 2. The first kappa shape index (κ1) is 12.4. The Labute approximate surface area is 105 Å². The summed E-state index contributed by atoms with van der Waals surface area (Å²) in [6.45, 7) is 0.500. The summed E-state index contributed by atoms with van der Waals surface area (Å²) in [6, 6.07) is 6.08. The molecule has 0 radical (unpaired) electrons. The van der Waals surface area contributed by atoms with E-state index in [2.05, 4.69) is 5.32 Å². The second-order valence-electron chi connectivity index (χ2n) is 4.46. The van der Waals surface area contributed by atoms with Gasteiger partial charge in [0.05, 0.1) is 11.8 Å². The Kier molecular flexibility index (Phi) is 4.00. The summed E-state index contributed by atoms with van der Waals surface area (Å²) in [6.07, 6.45) is 2.52. The van der Waals surface area contributed by atoms with E-state index in [9.17, 15) is 9.18 Å². The van der Waals surface area contributed by atoms with E-state index in [1.807, 2.05) is 0 Å². The van der Waals surface area contributed by atoms with E-state index in [0.717, 1.165) is 12.8 Å². The first-order valence-corrected chi connectivity index (χ1v) is 6.24. The van der Waals surface area contributed by atoms with E-state index >= 15 is 0 Å². The molecule has 1 aliphatic rings. The Bertz CT molecular complexity index is 406. The average molecular weight is 256 g/mol. The standard InChI is InChI=1S/C13H15ClFNO/c14-12(10-4-5-10)8-16-13(17)7-9-2-1-3-11(15)6-9/h1-3,6,10,12H,4-5,7-8H2,(H,16,17). The van der Waals surface area contributed by atoms with Crippen molar-refractivity contribution in [1.29, 1.82) is 0 Å². The lowest BCUT2D eigenvalue weighted by Gasteiger charge is -2.09. The van der Waals surface area contributed by atoms with E-state index in [0.29, 0.717) is 18.0 Å². The predicted octanol–water partition coefficient (Wildman–Crippen LogP) is 2.50. The van der Waals surface area contributed by atoms with Crippen molar-refractivity contribution in [1.82, 2.24) is 5.32 Å². The van der Waals surface area contributed by atoms with Crippen molar-refractivity contribution in [2.45, 2.75) is 24.6 Å². The second-order valence-corrected chi connectivity index (χ2v) is 5.02. The van der Waals surface area contributed by atoms with Gasteiger partial charge in [0.1, 0.15) is 5.82 Å². The molecule has 1 aromatic carbocycles. The largest absolute Gasteiger partial charge is 0.354 e. The number of rotatable bonds is 5. The molecule has 1 unspecified atom stereocenters. The third kappa shape index (κ3) is 4.00. The summed E-state index contributed by atoms with van der Waals surface area (Å²) in [5, 5.41) is 2.81. The van der Waals surface area contributed by atoms with E-state index in [1.54, 1.807) is 12.1 Å². The van der Waals surface area contributed by atoms with Crippen LogP contribution >= 0.6 is 11.6 Å². The molecule has 2 rings (SSSR count). The van der Waals surface area contributed by atoms with Gasteiger partial charge in [-0.1, -0.05) is 12.1 Å². The molecule has 0 bridgehead atoms. The smallest absolute Gasteiger partial charge is 0.224 e. The lowest BCUT2D eigenvalue weighted by Crippen LogP contribution is -2.31. The van der Waals surface area contributed by atoms with Crippen LogP contribution in [-0.4, -0.2) is 17.8 Å². The summed E-state index contributed by atoms with van der Waals surface area (Å²) in [4.78, 5) is 11.6. The highest BCUT2D eigenvalue weighted by atomic mass is 35.5. The molecule has 1 saturated carbocycles. The number of benzene rings is 1. The SMILES string of the molecule is O=C(Cc1cccc(F)c1)NCC(Cl)C1CC1. The first-order valence-electron chi connectivity index (χ1n) is 5.80. The number of amides is 1. The molecular weight excluding hydrogens is 241 g/mol. The van der Waals surface area contributed by atoms with E-state index in [1.165, 1.54) is 12.1 Å². The summed E-state index contributed by atoms with van der Waals surface area (Å²) in [5.74, 6) is 0.136. The van der Waals surface area contributed by atoms with Crippen LogP contribution in [0.15, 0.2) is 24.3 Å². The maximum atomic E-state index is 12.9. The minimum Gasteiger partial charge on any atom is -0.354 e. The summed E-state index contributed by atoms with van der Waals surface area (Å²) in [7, 11) is 0. The fourth-order valence-electron chi connectivity index (χ4n) is 1.73. The van der Waals surface area contributed by atoms with Crippen LogP contribution in [0.4, 0.5) is 4.39 Å². The molecule has 17 heavy (non-hydrogen) atoms. The predicted molar refractivity (Wildman–Crippen MR) is 65.5 cm³/mol. The Morgan fingerprint density at radius 1 is 1.53 bits per heavy atom. The van der Waals surface area contributed by atoms with Gasteiger partial charge in [-0.2, -0.15) is 0 Å². The molecule has 0 saturated heterocycles. The van der Waals surface area contributed by atoms with E-state index in [4.69, 9.17) is 11.6 Å². The molecule has 1 aliphatic carbocycles. The van der Waals surface area contributed by atoms with Gasteiger partial charge in [-0.25, -0.2) is 4.39 Å². The fourth-order valence-corrected chi connectivity index (χ4v) is 2.06. The van der Waals surface area contributed by atoms with E-state index < -0.39 is 0 Å². The molecule has 1 N–H and O–H groups in total. The number of nitrogens with one attached hydrogen (secondary N) is 1. The lowest BCUT2D eigenvalue weighted by atomic mass is 10.1. The number of alkyl halides is 1. The van der Waals surface area contributed by atoms with Crippen molar-refractivity contribution in [3.05, 3.63) is 35.6 Å². The summed E-state index contributed by atoms with van der Waals surface area (Å²) in [5.41, 5.74) is 0.681. The zero-order chi connectivity index (χ0) is 12.3. The normalized spacial score (nSPS) is 16.6. The molecule has 0 spiro atoms. The van der Waals surface area contributed by atoms with Gasteiger partial charge in [-0.05, 0) is 36.5 Å². The molecule has 1 fully saturated rings. The van der Waals surface area contributed by atoms with Crippen LogP contribution in [0, 0.1) is 11.7 Å². The molecule has 4 heteroatoms. The minimum absolute atomic E-state index is 0.0338. The highest BCUT2D eigenvalue weighted by Crippen LogP contribution is 2.35. The van der Waals surface area contributed by atoms with Gasteiger partial charge in [-0.3, -0.25) is 4.79 Å². The van der Waals surface area contributed by atoms with Crippen molar-refractivity contribution in [2.24, 2.45) is 5.92 Å². The Hall–Kier alpha value is -1.09. The van der Waals surface area contributed by atoms with Crippen molar-refractivity contribution >= 4 is 17.5 Å². The molecule has 0 heterocycles. The topological polar surface area (TPSA) is 29.1 Å². The van der Waals surface area contributed by atoms with Gasteiger partial charge >= 0.3 is 0 Å². The summed E-state index contributed by atoms with van der Waals surface area (Å²) < 4.78 is 12.9. The monoisotopic (exact) mass is 255 g/mol. The Morgan fingerprint density at radius 2 is 2.29 bits per heavy atom. The van der Waals surface area contributed by atoms with Crippen LogP contribution in [-0.2, 0) is 11.2 Å². The average Bonchev–Trinajstić information content (AvgIpc) is 3.09. The number of hydrogen-bond donors (Lipinski definition) is 1. The Balaban J connectivity index is 1.76. The third-order valence-corrected chi connectivity index (χ3v) is 3.39. The van der Waals surface area contributed by atoms with Crippen molar-refractivity contribution in [3.8, 4) is 0 Å². The molecule has 0 aromatic heterocycles. The van der Waals surface area contributed by atoms with Crippen LogP contribution in [0.3, 0.4) is 0 Å². The van der Waals surface area contributed by atoms with Crippen LogP contribution in [0.1, 0.15) is 18.4 Å². The lowest BCUT2D eigenvalue weighted by molar-refractivity contribution is -0.120. The molecule has 1 atom stereocenters. The summed E-state index contributed by atoms with van der Waals surface area (Å²) >= 11 is 6.08. The highest BCUT2D eigenvalue weighted by Gasteiger charge is 2.29. The molecule has 92 valence electrons. The van der Waals surface area contributed by atoms with Crippen molar-refractivity contribution in [2.75, 3.05) is 6.54 Å². The first-order chi connectivity index (χ1) is 8.15. The van der Waals surface area contributed by atoms with Gasteiger partial charge in [0.25, 0.3) is 0 Å². The van der Waals surface area contributed by atoms with Gasteiger partial charge < -0.3 is 5.32 Å². The third-order valence-electron chi connectivity index (χ3n) is 2.88. The van der Waals surface area contributed by atoms with Crippen LogP contribution < -0.4 is 5.32 Å². The van der Waals surface area contributed by atoms with Gasteiger partial charge in [0, 0.05) is 6.54 Å². The Morgan fingerprint density at radius 3 is 2.94 bits per heavy atom. The van der Waals surface area contributed by atoms with Gasteiger partial charge in [-0.15, -0.1) is 11.6 Å². The van der Waals surface area contributed by atoms with Crippen LogP contribution in [0.25, 0.3) is 0 Å². The number of carbonyl (C=O) groups is 1. The zero-order valence-corrected chi connectivity index (χ0v) is 10.2.